The first-order chi connectivity index (χ1) is 13.2. The van der Waals surface area contributed by atoms with Crippen molar-refractivity contribution in [3.05, 3.63) is 0 Å². The lowest BCUT2D eigenvalue weighted by molar-refractivity contribution is -0.151. The number of fused-ring (bicyclic) bond motifs is 1. The van der Waals surface area contributed by atoms with E-state index in [1.807, 2.05) is 0 Å². The zero-order valence-corrected chi connectivity index (χ0v) is 17.7. The Labute approximate surface area is 166 Å². The van der Waals surface area contributed by atoms with Crippen LogP contribution in [-0.2, 0) is 9.53 Å². The van der Waals surface area contributed by atoms with Gasteiger partial charge in [-0.05, 0) is 77.2 Å². The van der Waals surface area contributed by atoms with Crippen LogP contribution in [0.4, 0.5) is 0 Å². The van der Waals surface area contributed by atoms with Crippen LogP contribution < -0.4 is 0 Å². The molecule has 0 bridgehead atoms. The Morgan fingerprint density at radius 1 is 1.04 bits per heavy atom. The predicted molar refractivity (Wildman–Crippen MR) is 110 cm³/mol. The number of carbonyl (C=O) groups excluding carboxylic acids is 1. The van der Waals surface area contributed by atoms with E-state index in [1.165, 1.54) is 58.2 Å². The molecule has 3 rings (SSSR count). The maximum atomic E-state index is 12.9. The van der Waals surface area contributed by atoms with Crippen LogP contribution in [0.25, 0.3) is 0 Å². The van der Waals surface area contributed by atoms with E-state index >= 15 is 0 Å². The number of rotatable bonds is 8. The third-order valence-electron chi connectivity index (χ3n) is 7.10. The van der Waals surface area contributed by atoms with E-state index < -0.39 is 0 Å². The quantitative estimate of drug-likeness (QED) is 0.650. The van der Waals surface area contributed by atoms with Crippen molar-refractivity contribution in [1.29, 1.82) is 0 Å². The van der Waals surface area contributed by atoms with Gasteiger partial charge in [0.25, 0.3) is 0 Å². The van der Waals surface area contributed by atoms with Crippen LogP contribution in [0.5, 0.6) is 0 Å². The van der Waals surface area contributed by atoms with E-state index in [9.17, 15) is 4.79 Å². The van der Waals surface area contributed by atoms with Crippen molar-refractivity contribution < 1.29 is 9.53 Å². The van der Waals surface area contributed by atoms with E-state index in [1.54, 1.807) is 0 Å². The monoisotopic (exact) mass is 379 g/mol. The molecule has 0 aromatic carbocycles. The molecule has 3 aliphatic rings. The molecule has 2 saturated heterocycles. The van der Waals surface area contributed by atoms with Crippen LogP contribution >= 0.6 is 0 Å². The summed E-state index contributed by atoms with van der Waals surface area (Å²) < 4.78 is 5.93. The van der Waals surface area contributed by atoms with Gasteiger partial charge >= 0.3 is 0 Å². The summed E-state index contributed by atoms with van der Waals surface area (Å²) in [5.74, 6) is 1.20. The van der Waals surface area contributed by atoms with Gasteiger partial charge in [-0.3, -0.25) is 9.69 Å². The van der Waals surface area contributed by atoms with Crippen molar-refractivity contribution in [2.75, 3.05) is 52.4 Å². The molecule has 0 N–H and O–H groups in total. The Balaban J connectivity index is 1.36. The highest BCUT2D eigenvalue weighted by atomic mass is 16.5. The summed E-state index contributed by atoms with van der Waals surface area (Å²) in [6.45, 7) is 12.4. The maximum absolute atomic E-state index is 12.9. The SMILES string of the molecule is CCN(CC)CCCC1CCN(CC(=O)N2CCO[C@@H]3CCCC[C@@H]32)CC1. The predicted octanol–water partition coefficient (Wildman–Crippen LogP) is 2.99. The molecule has 2 heterocycles. The number of nitrogens with zero attached hydrogens (tertiary/aromatic N) is 3. The first-order valence-electron chi connectivity index (χ1n) is 11.6. The second-order valence-corrected chi connectivity index (χ2v) is 8.74. The Hall–Kier alpha value is -0.650. The Morgan fingerprint density at radius 2 is 1.78 bits per heavy atom. The molecule has 0 radical (unpaired) electrons. The molecular weight excluding hydrogens is 338 g/mol. The van der Waals surface area contributed by atoms with E-state index in [0.29, 0.717) is 24.6 Å². The fourth-order valence-electron chi connectivity index (χ4n) is 5.26. The number of ether oxygens (including phenoxy) is 1. The molecular formula is C22H41N3O2. The van der Waals surface area contributed by atoms with Gasteiger partial charge in [-0.25, -0.2) is 0 Å². The van der Waals surface area contributed by atoms with Crippen molar-refractivity contribution in [2.45, 2.75) is 77.4 Å². The summed E-state index contributed by atoms with van der Waals surface area (Å²) in [5, 5.41) is 0. The van der Waals surface area contributed by atoms with Gasteiger partial charge in [-0.1, -0.05) is 26.7 Å². The molecule has 156 valence electrons. The summed E-state index contributed by atoms with van der Waals surface area (Å²) in [6.07, 6.45) is 10.3. The minimum atomic E-state index is 0.299. The second kappa shape index (κ2) is 10.8. The van der Waals surface area contributed by atoms with Gasteiger partial charge in [0.15, 0.2) is 0 Å². The van der Waals surface area contributed by atoms with E-state index in [4.69, 9.17) is 4.74 Å². The molecule has 5 nitrogen and oxygen atoms in total. The van der Waals surface area contributed by atoms with Gasteiger partial charge < -0.3 is 14.5 Å². The average Bonchev–Trinajstić information content (AvgIpc) is 2.72. The summed E-state index contributed by atoms with van der Waals surface area (Å²) in [6, 6.07) is 0.345. The van der Waals surface area contributed by atoms with Crippen molar-refractivity contribution >= 4 is 5.91 Å². The molecule has 3 fully saturated rings. The number of likely N-dealkylation sites (tertiary alicyclic amines) is 1. The molecule has 2 atom stereocenters. The molecule has 0 spiro atoms. The highest BCUT2D eigenvalue weighted by Gasteiger charge is 2.37. The van der Waals surface area contributed by atoms with Crippen LogP contribution in [-0.4, -0.2) is 85.2 Å². The highest BCUT2D eigenvalue weighted by Crippen LogP contribution is 2.29. The number of hydrogen-bond acceptors (Lipinski definition) is 4. The summed E-state index contributed by atoms with van der Waals surface area (Å²) in [7, 11) is 0. The van der Waals surface area contributed by atoms with Crippen LogP contribution in [0.3, 0.4) is 0 Å². The zero-order valence-electron chi connectivity index (χ0n) is 17.7. The lowest BCUT2D eigenvalue weighted by Gasteiger charge is -2.44. The van der Waals surface area contributed by atoms with Gasteiger partial charge in [0.1, 0.15) is 0 Å². The summed E-state index contributed by atoms with van der Waals surface area (Å²) in [4.78, 5) is 20.0. The molecule has 0 unspecified atom stereocenters. The number of hydrogen-bond donors (Lipinski definition) is 0. The van der Waals surface area contributed by atoms with Gasteiger partial charge in [0.05, 0.1) is 25.3 Å². The highest BCUT2D eigenvalue weighted by molar-refractivity contribution is 5.78. The standard InChI is InChI=1S/C22H41N3O2/c1-3-23(4-2)13-7-8-19-11-14-24(15-12-19)18-22(26)25-16-17-27-21-10-6-5-9-20(21)25/h19-21H,3-18H2,1-2H3/t20-,21+/m0/s1. The van der Waals surface area contributed by atoms with E-state index in [2.05, 4.69) is 28.5 Å². The molecule has 1 amide bonds. The zero-order chi connectivity index (χ0) is 19.1. The normalized spacial score (nSPS) is 27.7. The molecule has 2 aliphatic heterocycles. The topological polar surface area (TPSA) is 36.0 Å². The van der Waals surface area contributed by atoms with Crippen LogP contribution in [0.15, 0.2) is 0 Å². The Kier molecular flexibility index (Phi) is 8.41. The number of piperidine rings is 1. The Bertz CT molecular complexity index is 445. The fourth-order valence-corrected chi connectivity index (χ4v) is 5.26. The van der Waals surface area contributed by atoms with E-state index in [-0.39, 0.29) is 0 Å². The minimum absolute atomic E-state index is 0.299. The van der Waals surface area contributed by atoms with E-state index in [0.717, 1.165) is 45.0 Å². The first kappa shape index (κ1) is 21.1. The lowest BCUT2D eigenvalue weighted by atomic mass is 9.90. The third kappa shape index (κ3) is 5.91. The molecule has 0 aromatic rings. The number of carbonyl (C=O) groups is 1. The molecule has 27 heavy (non-hydrogen) atoms. The smallest absolute Gasteiger partial charge is 0.237 e. The third-order valence-corrected chi connectivity index (χ3v) is 7.10. The lowest BCUT2D eigenvalue weighted by Crippen LogP contribution is -2.57. The molecule has 5 heteroatoms. The Morgan fingerprint density at radius 3 is 2.52 bits per heavy atom. The van der Waals surface area contributed by atoms with Crippen molar-refractivity contribution in [3.8, 4) is 0 Å². The molecule has 0 aromatic heterocycles. The van der Waals surface area contributed by atoms with Gasteiger partial charge in [0, 0.05) is 6.54 Å². The minimum Gasteiger partial charge on any atom is -0.374 e. The van der Waals surface area contributed by atoms with Crippen molar-refractivity contribution in [2.24, 2.45) is 5.92 Å². The van der Waals surface area contributed by atoms with Gasteiger partial charge in [-0.15, -0.1) is 0 Å². The number of amides is 1. The van der Waals surface area contributed by atoms with Crippen LogP contribution in [0.1, 0.15) is 65.2 Å². The van der Waals surface area contributed by atoms with Crippen molar-refractivity contribution in [3.63, 3.8) is 0 Å². The van der Waals surface area contributed by atoms with Gasteiger partial charge in [-0.2, -0.15) is 0 Å². The molecule has 1 saturated carbocycles. The van der Waals surface area contributed by atoms with Gasteiger partial charge in [0.2, 0.25) is 5.91 Å². The largest absolute Gasteiger partial charge is 0.374 e. The summed E-state index contributed by atoms with van der Waals surface area (Å²) in [5.41, 5.74) is 0. The van der Waals surface area contributed by atoms with Crippen molar-refractivity contribution in [1.82, 2.24) is 14.7 Å². The second-order valence-electron chi connectivity index (χ2n) is 8.74. The molecule has 1 aliphatic carbocycles. The fraction of sp³-hybridized carbons (Fsp3) is 0.955. The average molecular weight is 380 g/mol. The van der Waals surface area contributed by atoms with Crippen LogP contribution in [0, 0.1) is 5.92 Å². The maximum Gasteiger partial charge on any atom is 0.237 e. The number of morpholine rings is 1. The first-order valence-corrected chi connectivity index (χ1v) is 11.6. The summed E-state index contributed by atoms with van der Waals surface area (Å²) >= 11 is 0. The van der Waals surface area contributed by atoms with Crippen LogP contribution in [0.2, 0.25) is 0 Å².